The molecule has 0 aliphatic carbocycles. The van der Waals surface area contributed by atoms with Gasteiger partial charge >= 0.3 is 0 Å². The molecule has 0 unspecified atom stereocenters. The van der Waals surface area contributed by atoms with E-state index in [1.807, 2.05) is 42.6 Å². The van der Waals surface area contributed by atoms with Crippen LogP contribution in [0.4, 0.5) is 0 Å². The minimum atomic E-state index is 0.727. The largest absolute Gasteiger partial charge is 0.256 e. The van der Waals surface area contributed by atoms with Crippen molar-refractivity contribution >= 4 is 11.6 Å². The Labute approximate surface area is 123 Å². The second kappa shape index (κ2) is 5.48. The van der Waals surface area contributed by atoms with Crippen LogP contribution < -0.4 is 0 Å². The Morgan fingerprint density at radius 3 is 2.40 bits per heavy atom. The molecule has 0 spiro atoms. The van der Waals surface area contributed by atoms with Gasteiger partial charge in [-0.1, -0.05) is 54.1 Å². The number of pyridine rings is 1. The Morgan fingerprint density at radius 1 is 0.850 bits per heavy atom. The average Bonchev–Trinajstić information content (AvgIpc) is 2.48. The van der Waals surface area contributed by atoms with Crippen LogP contribution in [0.2, 0.25) is 5.02 Å². The Balaban J connectivity index is 2.25. The van der Waals surface area contributed by atoms with E-state index in [2.05, 4.69) is 36.2 Å². The highest BCUT2D eigenvalue weighted by Crippen LogP contribution is 2.34. The van der Waals surface area contributed by atoms with Gasteiger partial charge in [0.1, 0.15) is 0 Å². The number of nitrogens with zero attached hydrogens (tertiary/aromatic N) is 1. The summed E-state index contributed by atoms with van der Waals surface area (Å²) in [7, 11) is 0. The Morgan fingerprint density at radius 2 is 1.65 bits per heavy atom. The molecule has 0 saturated carbocycles. The zero-order chi connectivity index (χ0) is 13.9. The molecule has 0 saturated heterocycles. The van der Waals surface area contributed by atoms with Gasteiger partial charge in [0.05, 0.1) is 5.69 Å². The van der Waals surface area contributed by atoms with E-state index in [1.165, 1.54) is 5.56 Å². The van der Waals surface area contributed by atoms with Crippen molar-refractivity contribution in [2.75, 3.05) is 0 Å². The number of aryl methyl sites for hydroxylation is 1. The molecule has 2 aromatic carbocycles. The van der Waals surface area contributed by atoms with Crippen LogP contribution in [0.25, 0.3) is 22.4 Å². The molecule has 0 atom stereocenters. The van der Waals surface area contributed by atoms with Crippen LogP contribution in [0.15, 0.2) is 66.9 Å². The maximum atomic E-state index is 6.18. The number of aromatic nitrogens is 1. The SMILES string of the molecule is Cc1cccnc1-c1cc(Cl)ccc1-c1ccccc1. The van der Waals surface area contributed by atoms with Crippen molar-refractivity contribution < 1.29 is 0 Å². The van der Waals surface area contributed by atoms with Gasteiger partial charge in [-0.3, -0.25) is 4.98 Å². The number of benzene rings is 2. The fraction of sp³-hybridized carbons (Fsp3) is 0.0556. The molecule has 0 aliphatic rings. The Bertz CT molecular complexity index is 735. The molecular weight excluding hydrogens is 266 g/mol. The quantitative estimate of drug-likeness (QED) is 0.614. The van der Waals surface area contributed by atoms with Crippen LogP contribution in [0.5, 0.6) is 0 Å². The van der Waals surface area contributed by atoms with Crippen LogP contribution in [0.1, 0.15) is 5.56 Å². The Kier molecular flexibility index (Phi) is 3.53. The first-order chi connectivity index (χ1) is 9.75. The fourth-order valence-corrected chi connectivity index (χ4v) is 2.52. The van der Waals surface area contributed by atoms with Crippen LogP contribution in [0.3, 0.4) is 0 Å². The summed E-state index contributed by atoms with van der Waals surface area (Å²) in [5, 5.41) is 0.727. The molecule has 0 radical (unpaired) electrons. The zero-order valence-corrected chi connectivity index (χ0v) is 11.9. The van der Waals surface area contributed by atoms with Crippen molar-refractivity contribution in [2.24, 2.45) is 0 Å². The summed E-state index contributed by atoms with van der Waals surface area (Å²) >= 11 is 6.18. The van der Waals surface area contributed by atoms with E-state index in [0.29, 0.717) is 0 Å². The van der Waals surface area contributed by atoms with Gasteiger partial charge in [-0.15, -0.1) is 0 Å². The predicted molar refractivity (Wildman–Crippen MR) is 84.9 cm³/mol. The minimum Gasteiger partial charge on any atom is -0.256 e. The maximum Gasteiger partial charge on any atom is 0.0737 e. The second-order valence-electron chi connectivity index (χ2n) is 4.72. The van der Waals surface area contributed by atoms with E-state index in [9.17, 15) is 0 Å². The fourth-order valence-electron chi connectivity index (χ4n) is 2.35. The predicted octanol–water partition coefficient (Wildman–Crippen LogP) is 5.38. The monoisotopic (exact) mass is 279 g/mol. The molecule has 98 valence electrons. The highest BCUT2D eigenvalue weighted by atomic mass is 35.5. The maximum absolute atomic E-state index is 6.18. The molecule has 0 N–H and O–H groups in total. The van der Waals surface area contributed by atoms with Crippen LogP contribution in [-0.4, -0.2) is 4.98 Å². The molecule has 2 heteroatoms. The number of rotatable bonds is 2. The Hall–Kier alpha value is -2.12. The molecular formula is C18H14ClN. The van der Waals surface area contributed by atoms with Gasteiger partial charge < -0.3 is 0 Å². The van der Waals surface area contributed by atoms with Crippen LogP contribution >= 0.6 is 11.6 Å². The lowest BCUT2D eigenvalue weighted by Crippen LogP contribution is -1.91. The topological polar surface area (TPSA) is 12.9 Å². The van der Waals surface area contributed by atoms with Gasteiger partial charge in [0.15, 0.2) is 0 Å². The molecule has 0 aliphatic heterocycles. The summed E-state index contributed by atoms with van der Waals surface area (Å²) in [6.45, 7) is 2.07. The molecule has 0 bridgehead atoms. The van der Waals surface area contributed by atoms with Crippen molar-refractivity contribution in [2.45, 2.75) is 6.92 Å². The lowest BCUT2D eigenvalue weighted by atomic mass is 9.95. The third-order valence-corrected chi connectivity index (χ3v) is 3.57. The zero-order valence-electron chi connectivity index (χ0n) is 11.2. The molecule has 20 heavy (non-hydrogen) atoms. The molecule has 1 heterocycles. The average molecular weight is 280 g/mol. The van der Waals surface area contributed by atoms with Gasteiger partial charge in [0.25, 0.3) is 0 Å². The number of hydrogen-bond acceptors (Lipinski definition) is 1. The normalized spacial score (nSPS) is 10.5. The highest BCUT2D eigenvalue weighted by Gasteiger charge is 2.11. The lowest BCUT2D eigenvalue weighted by Gasteiger charge is -2.12. The summed E-state index contributed by atoms with van der Waals surface area (Å²) in [4.78, 5) is 4.52. The van der Waals surface area contributed by atoms with E-state index >= 15 is 0 Å². The van der Waals surface area contributed by atoms with E-state index in [-0.39, 0.29) is 0 Å². The summed E-state index contributed by atoms with van der Waals surface area (Å²) < 4.78 is 0. The standard InChI is InChI=1S/C18H14ClN/c1-13-6-5-11-20-18(13)17-12-15(19)9-10-16(17)14-7-3-2-4-8-14/h2-12H,1H3. The van der Waals surface area contributed by atoms with Crippen molar-refractivity contribution in [3.63, 3.8) is 0 Å². The molecule has 3 aromatic rings. The molecule has 3 rings (SSSR count). The third-order valence-electron chi connectivity index (χ3n) is 3.33. The van der Waals surface area contributed by atoms with Gasteiger partial charge in [0.2, 0.25) is 0 Å². The van der Waals surface area contributed by atoms with E-state index in [1.54, 1.807) is 0 Å². The summed E-state index contributed by atoms with van der Waals surface area (Å²) in [6.07, 6.45) is 1.82. The first-order valence-corrected chi connectivity index (χ1v) is 6.90. The van der Waals surface area contributed by atoms with Crippen molar-refractivity contribution in [3.05, 3.63) is 77.4 Å². The van der Waals surface area contributed by atoms with Gasteiger partial charge in [-0.05, 0) is 41.8 Å². The number of hydrogen-bond donors (Lipinski definition) is 0. The molecule has 1 aromatic heterocycles. The van der Waals surface area contributed by atoms with Gasteiger partial charge in [-0.2, -0.15) is 0 Å². The first kappa shape index (κ1) is 12.9. The van der Waals surface area contributed by atoms with E-state index in [4.69, 9.17) is 11.6 Å². The van der Waals surface area contributed by atoms with Crippen LogP contribution in [-0.2, 0) is 0 Å². The third kappa shape index (κ3) is 2.45. The second-order valence-corrected chi connectivity index (χ2v) is 5.16. The van der Waals surface area contributed by atoms with E-state index < -0.39 is 0 Å². The van der Waals surface area contributed by atoms with Crippen LogP contribution in [0, 0.1) is 6.92 Å². The van der Waals surface area contributed by atoms with Crippen molar-refractivity contribution in [1.82, 2.24) is 4.98 Å². The van der Waals surface area contributed by atoms with Crippen molar-refractivity contribution in [1.29, 1.82) is 0 Å². The van der Waals surface area contributed by atoms with E-state index in [0.717, 1.165) is 27.4 Å². The van der Waals surface area contributed by atoms with Gasteiger partial charge in [-0.25, -0.2) is 0 Å². The van der Waals surface area contributed by atoms with Gasteiger partial charge in [0, 0.05) is 16.8 Å². The lowest BCUT2D eigenvalue weighted by molar-refractivity contribution is 1.27. The summed E-state index contributed by atoms with van der Waals surface area (Å²) in [5.41, 5.74) is 5.52. The number of halogens is 1. The smallest absolute Gasteiger partial charge is 0.0737 e. The molecule has 1 nitrogen and oxygen atoms in total. The molecule has 0 amide bonds. The first-order valence-electron chi connectivity index (χ1n) is 6.52. The minimum absolute atomic E-state index is 0.727. The molecule has 0 fully saturated rings. The highest BCUT2D eigenvalue weighted by molar-refractivity contribution is 6.31. The summed E-state index contributed by atoms with van der Waals surface area (Å²) in [5.74, 6) is 0. The van der Waals surface area contributed by atoms with Crippen molar-refractivity contribution in [3.8, 4) is 22.4 Å². The summed E-state index contributed by atoms with van der Waals surface area (Å²) in [6, 6.07) is 20.3.